The number of rotatable bonds is 7. The predicted octanol–water partition coefficient (Wildman–Crippen LogP) is 2.00. The summed E-state index contributed by atoms with van der Waals surface area (Å²) in [6.07, 6.45) is 7.03. The van der Waals surface area contributed by atoms with Gasteiger partial charge in [-0.3, -0.25) is 4.90 Å². The Morgan fingerprint density at radius 2 is 2.00 bits per heavy atom. The molecule has 2 N–H and O–H groups in total. The van der Waals surface area contributed by atoms with E-state index in [1.807, 2.05) is 0 Å². The first kappa shape index (κ1) is 13.9. The molecule has 1 heterocycles. The zero-order valence-electron chi connectivity index (χ0n) is 11.0. The van der Waals surface area contributed by atoms with E-state index in [9.17, 15) is 0 Å². The van der Waals surface area contributed by atoms with Crippen molar-refractivity contribution < 1.29 is 4.74 Å². The minimum atomic E-state index is 0.256. The van der Waals surface area contributed by atoms with Gasteiger partial charge in [-0.15, -0.1) is 0 Å². The monoisotopic (exact) mass is 228 g/mol. The van der Waals surface area contributed by atoms with Crippen molar-refractivity contribution in [3.05, 3.63) is 0 Å². The fourth-order valence-electron chi connectivity index (χ4n) is 2.25. The van der Waals surface area contributed by atoms with E-state index < -0.39 is 0 Å². The van der Waals surface area contributed by atoms with E-state index in [-0.39, 0.29) is 6.10 Å². The molecular weight excluding hydrogens is 200 g/mol. The molecule has 2 atom stereocenters. The van der Waals surface area contributed by atoms with E-state index in [0.717, 1.165) is 13.2 Å². The van der Waals surface area contributed by atoms with Gasteiger partial charge >= 0.3 is 0 Å². The van der Waals surface area contributed by atoms with Crippen LogP contribution in [0.15, 0.2) is 0 Å². The molecule has 1 aliphatic heterocycles. The Morgan fingerprint density at radius 1 is 1.25 bits per heavy atom. The standard InChI is InChI=1S/C13H28N2O/c1-3-4-5-6-7-8-15-10-13(9-14)16-11-12(15)2/h12-13H,3-11,14H2,1-2H3. The van der Waals surface area contributed by atoms with Crippen LogP contribution in [0.3, 0.4) is 0 Å². The second kappa shape index (κ2) is 8.04. The lowest BCUT2D eigenvalue weighted by Crippen LogP contribution is -2.50. The topological polar surface area (TPSA) is 38.5 Å². The Hall–Kier alpha value is -0.120. The van der Waals surface area contributed by atoms with Gasteiger partial charge in [-0.25, -0.2) is 0 Å². The molecule has 0 radical (unpaired) electrons. The summed E-state index contributed by atoms with van der Waals surface area (Å²) in [6.45, 7) is 8.24. The lowest BCUT2D eigenvalue weighted by molar-refractivity contribution is -0.0537. The van der Waals surface area contributed by atoms with Gasteiger partial charge in [-0.05, 0) is 19.9 Å². The highest BCUT2D eigenvalue weighted by Crippen LogP contribution is 2.13. The molecule has 0 amide bonds. The summed E-state index contributed by atoms with van der Waals surface area (Å²) in [5, 5.41) is 0. The molecule has 0 bridgehead atoms. The summed E-state index contributed by atoms with van der Waals surface area (Å²) in [4.78, 5) is 2.53. The summed E-state index contributed by atoms with van der Waals surface area (Å²) < 4.78 is 5.65. The SMILES string of the molecule is CCCCCCCN1CC(CN)OCC1C. The Balaban J connectivity index is 2.13. The molecule has 0 aromatic carbocycles. The molecule has 0 aliphatic carbocycles. The van der Waals surface area contributed by atoms with Crippen LogP contribution in [0.2, 0.25) is 0 Å². The third-order valence-corrected chi connectivity index (χ3v) is 3.45. The molecule has 2 unspecified atom stereocenters. The van der Waals surface area contributed by atoms with Gasteiger partial charge in [0.25, 0.3) is 0 Å². The Morgan fingerprint density at radius 3 is 2.69 bits per heavy atom. The molecule has 96 valence electrons. The summed E-state index contributed by atoms with van der Waals surface area (Å²) in [6, 6.07) is 0.564. The number of unbranched alkanes of at least 4 members (excludes halogenated alkanes) is 4. The van der Waals surface area contributed by atoms with Gasteiger partial charge in [-0.2, -0.15) is 0 Å². The number of morpholine rings is 1. The first-order valence-corrected chi connectivity index (χ1v) is 6.83. The van der Waals surface area contributed by atoms with Crippen molar-refractivity contribution in [2.75, 3.05) is 26.2 Å². The number of nitrogens with zero attached hydrogens (tertiary/aromatic N) is 1. The predicted molar refractivity (Wildman–Crippen MR) is 68.6 cm³/mol. The van der Waals surface area contributed by atoms with Crippen LogP contribution in [0.25, 0.3) is 0 Å². The second-order valence-corrected chi connectivity index (χ2v) is 4.95. The van der Waals surface area contributed by atoms with E-state index >= 15 is 0 Å². The summed E-state index contributed by atoms with van der Waals surface area (Å²) in [7, 11) is 0. The third kappa shape index (κ3) is 4.81. The van der Waals surface area contributed by atoms with Crippen LogP contribution >= 0.6 is 0 Å². The summed E-state index contributed by atoms with van der Waals surface area (Å²) in [5.41, 5.74) is 5.65. The fourth-order valence-corrected chi connectivity index (χ4v) is 2.25. The molecule has 1 saturated heterocycles. The van der Waals surface area contributed by atoms with E-state index in [1.54, 1.807) is 0 Å². The summed E-state index contributed by atoms with van der Waals surface area (Å²) >= 11 is 0. The third-order valence-electron chi connectivity index (χ3n) is 3.45. The average Bonchev–Trinajstić information content (AvgIpc) is 2.31. The molecule has 0 saturated carbocycles. The van der Waals surface area contributed by atoms with Gasteiger partial charge in [0.15, 0.2) is 0 Å². The van der Waals surface area contributed by atoms with Crippen molar-refractivity contribution in [3.63, 3.8) is 0 Å². The number of nitrogens with two attached hydrogens (primary N) is 1. The van der Waals surface area contributed by atoms with Crippen LogP contribution in [-0.4, -0.2) is 43.3 Å². The fraction of sp³-hybridized carbons (Fsp3) is 1.00. The van der Waals surface area contributed by atoms with Crippen LogP contribution < -0.4 is 5.73 Å². The summed E-state index contributed by atoms with van der Waals surface area (Å²) in [5.74, 6) is 0. The van der Waals surface area contributed by atoms with Gasteiger partial charge < -0.3 is 10.5 Å². The molecule has 16 heavy (non-hydrogen) atoms. The highest BCUT2D eigenvalue weighted by molar-refractivity contribution is 4.77. The average molecular weight is 228 g/mol. The van der Waals surface area contributed by atoms with E-state index in [2.05, 4.69) is 18.7 Å². The van der Waals surface area contributed by atoms with Crippen molar-refractivity contribution in [2.24, 2.45) is 5.73 Å². The smallest absolute Gasteiger partial charge is 0.0824 e. The molecule has 1 aliphatic rings. The molecule has 0 spiro atoms. The second-order valence-electron chi connectivity index (χ2n) is 4.95. The van der Waals surface area contributed by atoms with Crippen LogP contribution in [-0.2, 0) is 4.74 Å². The number of ether oxygens (including phenoxy) is 1. The van der Waals surface area contributed by atoms with Gasteiger partial charge in [0, 0.05) is 19.1 Å². The minimum Gasteiger partial charge on any atom is -0.374 e. The Kier molecular flexibility index (Phi) is 7.01. The highest BCUT2D eigenvalue weighted by Gasteiger charge is 2.24. The Bertz CT molecular complexity index is 175. The molecule has 1 fully saturated rings. The highest BCUT2D eigenvalue weighted by atomic mass is 16.5. The minimum absolute atomic E-state index is 0.256. The normalized spacial score (nSPS) is 27.2. The maximum Gasteiger partial charge on any atom is 0.0824 e. The molecule has 3 nitrogen and oxygen atoms in total. The number of hydrogen-bond donors (Lipinski definition) is 1. The van der Waals surface area contributed by atoms with Crippen molar-refractivity contribution in [1.82, 2.24) is 4.90 Å². The van der Waals surface area contributed by atoms with Gasteiger partial charge in [0.05, 0.1) is 12.7 Å². The van der Waals surface area contributed by atoms with Crippen molar-refractivity contribution in [3.8, 4) is 0 Å². The zero-order valence-corrected chi connectivity index (χ0v) is 11.0. The maximum atomic E-state index is 5.65. The van der Waals surface area contributed by atoms with Gasteiger partial charge in [-0.1, -0.05) is 32.6 Å². The van der Waals surface area contributed by atoms with Crippen molar-refractivity contribution in [2.45, 2.75) is 58.1 Å². The molecular formula is C13H28N2O. The quantitative estimate of drug-likeness (QED) is 0.677. The Labute approximate surface area is 100 Å². The first-order valence-electron chi connectivity index (χ1n) is 6.83. The largest absolute Gasteiger partial charge is 0.374 e. The molecule has 0 aromatic rings. The van der Waals surface area contributed by atoms with Gasteiger partial charge in [0.1, 0.15) is 0 Å². The van der Waals surface area contributed by atoms with E-state index in [4.69, 9.17) is 10.5 Å². The van der Waals surface area contributed by atoms with Crippen LogP contribution in [0.1, 0.15) is 46.0 Å². The van der Waals surface area contributed by atoms with Crippen LogP contribution in [0, 0.1) is 0 Å². The maximum absolute atomic E-state index is 5.65. The zero-order chi connectivity index (χ0) is 11.8. The lowest BCUT2D eigenvalue weighted by Gasteiger charge is -2.37. The van der Waals surface area contributed by atoms with E-state index in [0.29, 0.717) is 12.6 Å². The number of hydrogen-bond acceptors (Lipinski definition) is 3. The van der Waals surface area contributed by atoms with Crippen molar-refractivity contribution >= 4 is 0 Å². The van der Waals surface area contributed by atoms with Gasteiger partial charge in [0.2, 0.25) is 0 Å². The van der Waals surface area contributed by atoms with E-state index in [1.165, 1.54) is 38.6 Å². The lowest BCUT2D eigenvalue weighted by atomic mass is 10.1. The van der Waals surface area contributed by atoms with Crippen LogP contribution in [0.4, 0.5) is 0 Å². The first-order chi connectivity index (χ1) is 7.77. The molecule has 3 heteroatoms. The van der Waals surface area contributed by atoms with Crippen LogP contribution in [0.5, 0.6) is 0 Å². The molecule has 0 aromatic heterocycles. The van der Waals surface area contributed by atoms with Crippen molar-refractivity contribution in [1.29, 1.82) is 0 Å². The molecule has 1 rings (SSSR count).